The van der Waals surface area contributed by atoms with Gasteiger partial charge in [-0.1, -0.05) is 26.0 Å². The highest BCUT2D eigenvalue weighted by Crippen LogP contribution is 2.17. The summed E-state index contributed by atoms with van der Waals surface area (Å²) in [6.07, 6.45) is 0.986. The average molecular weight is 295 g/mol. The van der Waals surface area contributed by atoms with Crippen molar-refractivity contribution in [3.63, 3.8) is 0 Å². The summed E-state index contributed by atoms with van der Waals surface area (Å²) in [5.41, 5.74) is 7.14. The molecular weight excluding hydrogens is 274 g/mol. The van der Waals surface area contributed by atoms with Crippen LogP contribution < -0.4 is 5.73 Å². The molecule has 0 aromatic heterocycles. The Kier molecular flexibility index (Phi) is 5.99. The van der Waals surface area contributed by atoms with Crippen LogP contribution in [0, 0.1) is 11.3 Å². The van der Waals surface area contributed by atoms with Gasteiger partial charge in [-0.25, -0.2) is 8.42 Å². The van der Waals surface area contributed by atoms with E-state index in [9.17, 15) is 8.42 Å². The molecule has 0 aliphatic heterocycles. The Morgan fingerprint density at radius 3 is 2.60 bits per heavy atom. The first-order chi connectivity index (χ1) is 9.45. The van der Waals surface area contributed by atoms with E-state index in [0.717, 1.165) is 5.56 Å². The number of benzene rings is 1. The summed E-state index contributed by atoms with van der Waals surface area (Å²) in [4.78, 5) is 0. The fraction of sp³-hybridized carbons (Fsp3) is 0.500. The highest BCUT2D eigenvalue weighted by atomic mass is 32.2. The second kappa shape index (κ2) is 7.27. The minimum Gasteiger partial charge on any atom is -0.399 e. The van der Waals surface area contributed by atoms with Crippen molar-refractivity contribution in [2.75, 3.05) is 12.3 Å². The van der Waals surface area contributed by atoms with Gasteiger partial charge in [-0.15, -0.1) is 0 Å². The molecule has 1 aromatic carbocycles. The predicted molar refractivity (Wildman–Crippen MR) is 80.2 cm³/mol. The van der Waals surface area contributed by atoms with E-state index in [-0.39, 0.29) is 13.0 Å². The van der Waals surface area contributed by atoms with E-state index in [1.807, 2.05) is 19.1 Å². The molecule has 5 nitrogen and oxygen atoms in total. The summed E-state index contributed by atoms with van der Waals surface area (Å²) < 4.78 is 26.3. The van der Waals surface area contributed by atoms with Crippen molar-refractivity contribution >= 4 is 15.7 Å². The molecule has 20 heavy (non-hydrogen) atoms. The third kappa shape index (κ3) is 3.95. The van der Waals surface area contributed by atoms with Crippen LogP contribution in [0.3, 0.4) is 0 Å². The van der Waals surface area contributed by atoms with Crippen molar-refractivity contribution in [1.29, 1.82) is 5.26 Å². The van der Waals surface area contributed by atoms with Crippen molar-refractivity contribution in [3.05, 3.63) is 29.8 Å². The Bertz CT molecular complexity index is 578. The third-order valence-electron chi connectivity index (χ3n) is 3.02. The van der Waals surface area contributed by atoms with Gasteiger partial charge in [0.1, 0.15) is 0 Å². The van der Waals surface area contributed by atoms with Crippen LogP contribution in [0.2, 0.25) is 0 Å². The van der Waals surface area contributed by atoms with Gasteiger partial charge >= 0.3 is 0 Å². The summed E-state index contributed by atoms with van der Waals surface area (Å²) in [5, 5.41) is 8.02. The smallest absolute Gasteiger partial charge is 0.230 e. The number of rotatable bonds is 7. The van der Waals surface area contributed by atoms with Gasteiger partial charge in [0.05, 0.1) is 6.07 Å². The number of anilines is 1. The van der Waals surface area contributed by atoms with Gasteiger partial charge in [0.15, 0.2) is 5.25 Å². The van der Waals surface area contributed by atoms with Gasteiger partial charge in [0.25, 0.3) is 0 Å². The monoisotopic (exact) mass is 295 g/mol. The first-order valence-electron chi connectivity index (χ1n) is 6.68. The number of hydrogen-bond donors (Lipinski definition) is 1. The van der Waals surface area contributed by atoms with Crippen molar-refractivity contribution in [2.24, 2.45) is 0 Å². The summed E-state index contributed by atoms with van der Waals surface area (Å²) in [5.74, 6) is 0. The normalized spacial score (nSPS) is 13.1. The molecule has 0 saturated heterocycles. The second-order valence-electron chi connectivity index (χ2n) is 4.65. The predicted octanol–water partition coefficient (Wildman–Crippen LogP) is 2.11. The van der Waals surface area contributed by atoms with E-state index in [0.29, 0.717) is 18.7 Å². The maximum Gasteiger partial charge on any atom is 0.230 e. The molecule has 0 aliphatic rings. The van der Waals surface area contributed by atoms with E-state index in [2.05, 4.69) is 0 Å². The highest BCUT2D eigenvalue weighted by molar-refractivity contribution is 7.89. The average Bonchev–Trinajstić information content (AvgIpc) is 2.39. The zero-order valence-corrected chi connectivity index (χ0v) is 12.7. The topological polar surface area (TPSA) is 87.2 Å². The van der Waals surface area contributed by atoms with Crippen molar-refractivity contribution in [1.82, 2.24) is 4.31 Å². The van der Waals surface area contributed by atoms with Crippen LogP contribution >= 0.6 is 0 Å². The molecular formula is C14H21N3O2S. The van der Waals surface area contributed by atoms with Crippen molar-refractivity contribution in [3.8, 4) is 6.07 Å². The molecule has 0 radical (unpaired) electrons. The fourth-order valence-corrected chi connectivity index (χ4v) is 3.67. The van der Waals surface area contributed by atoms with Crippen LogP contribution in [0.5, 0.6) is 0 Å². The molecule has 1 unspecified atom stereocenters. The zero-order valence-electron chi connectivity index (χ0n) is 11.9. The lowest BCUT2D eigenvalue weighted by atomic mass is 10.2. The van der Waals surface area contributed by atoms with Gasteiger partial charge in [0, 0.05) is 18.8 Å². The molecule has 1 atom stereocenters. The van der Waals surface area contributed by atoms with Gasteiger partial charge in [-0.05, 0) is 30.5 Å². The van der Waals surface area contributed by atoms with E-state index in [4.69, 9.17) is 11.0 Å². The molecule has 0 aliphatic carbocycles. The zero-order chi connectivity index (χ0) is 15.2. The van der Waals surface area contributed by atoms with Crippen LogP contribution in [0.15, 0.2) is 24.3 Å². The number of hydrogen-bond acceptors (Lipinski definition) is 4. The number of nitriles is 1. The van der Waals surface area contributed by atoms with E-state index in [1.165, 1.54) is 4.31 Å². The number of nitrogens with two attached hydrogens (primary N) is 1. The molecule has 1 aromatic rings. The fourth-order valence-electron chi connectivity index (χ4n) is 1.99. The molecule has 0 heterocycles. The molecule has 0 spiro atoms. The van der Waals surface area contributed by atoms with Gasteiger partial charge < -0.3 is 5.73 Å². The highest BCUT2D eigenvalue weighted by Gasteiger charge is 2.30. The lowest BCUT2D eigenvalue weighted by Crippen LogP contribution is -2.38. The first kappa shape index (κ1) is 16.5. The maximum absolute atomic E-state index is 12.4. The standard InChI is InChI=1S/C14H21N3O2S/c1-3-8-17(20(18,19)14(4-2)10-15)11-12-6-5-7-13(16)9-12/h5-7,9,14H,3-4,8,11,16H2,1-2H3. The number of sulfonamides is 1. The van der Waals surface area contributed by atoms with E-state index in [1.54, 1.807) is 25.1 Å². The molecule has 0 fully saturated rings. The summed E-state index contributed by atoms with van der Waals surface area (Å²) in [6, 6.07) is 9.02. The first-order valence-corrected chi connectivity index (χ1v) is 8.19. The number of nitrogen functional groups attached to an aromatic ring is 1. The lowest BCUT2D eigenvalue weighted by molar-refractivity contribution is 0.401. The maximum atomic E-state index is 12.4. The Labute approximate surface area is 121 Å². The Hall–Kier alpha value is -1.58. The van der Waals surface area contributed by atoms with Crippen LogP contribution in [0.25, 0.3) is 0 Å². The molecule has 0 bridgehead atoms. The Balaban J connectivity index is 3.03. The summed E-state index contributed by atoms with van der Waals surface area (Å²) in [7, 11) is -3.61. The van der Waals surface area contributed by atoms with E-state index < -0.39 is 15.3 Å². The third-order valence-corrected chi connectivity index (χ3v) is 5.21. The van der Waals surface area contributed by atoms with Crippen molar-refractivity contribution in [2.45, 2.75) is 38.5 Å². The van der Waals surface area contributed by atoms with Gasteiger partial charge in [-0.3, -0.25) is 0 Å². The van der Waals surface area contributed by atoms with Crippen LogP contribution in [0.1, 0.15) is 32.3 Å². The summed E-state index contributed by atoms with van der Waals surface area (Å²) >= 11 is 0. The van der Waals surface area contributed by atoms with Gasteiger partial charge in [0.2, 0.25) is 10.0 Å². The van der Waals surface area contributed by atoms with Gasteiger partial charge in [-0.2, -0.15) is 9.57 Å². The molecule has 0 amide bonds. The SMILES string of the molecule is CCCN(Cc1cccc(N)c1)S(=O)(=O)C(C#N)CC. The van der Waals surface area contributed by atoms with Crippen LogP contribution in [-0.2, 0) is 16.6 Å². The number of nitrogens with zero attached hydrogens (tertiary/aromatic N) is 2. The minimum absolute atomic E-state index is 0.249. The summed E-state index contributed by atoms with van der Waals surface area (Å²) in [6.45, 7) is 4.26. The molecule has 110 valence electrons. The Morgan fingerprint density at radius 2 is 2.10 bits per heavy atom. The van der Waals surface area contributed by atoms with Crippen LogP contribution in [0.4, 0.5) is 5.69 Å². The van der Waals surface area contributed by atoms with Crippen LogP contribution in [-0.4, -0.2) is 24.5 Å². The van der Waals surface area contributed by atoms with Crippen molar-refractivity contribution < 1.29 is 8.42 Å². The molecule has 6 heteroatoms. The molecule has 1 rings (SSSR count). The molecule has 0 saturated carbocycles. The van der Waals surface area contributed by atoms with E-state index >= 15 is 0 Å². The second-order valence-corrected chi connectivity index (χ2v) is 6.76. The minimum atomic E-state index is -3.61. The lowest BCUT2D eigenvalue weighted by Gasteiger charge is -2.24. The Morgan fingerprint density at radius 1 is 1.40 bits per heavy atom. The molecule has 2 N–H and O–H groups in total. The quantitative estimate of drug-likeness (QED) is 0.780. The largest absolute Gasteiger partial charge is 0.399 e.